The molecule has 112 valence electrons. The average Bonchev–Trinajstić information content (AvgIpc) is 2.87. The normalized spacial score (nSPS) is 11.3. The highest BCUT2D eigenvalue weighted by molar-refractivity contribution is 7.21. The predicted octanol–water partition coefficient (Wildman–Crippen LogP) is 2.26. The van der Waals surface area contributed by atoms with Crippen LogP contribution >= 0.6 is 11.3 Å². The van der Waals surface area contributed by atoms with Gasteiger partial charge >= 0.3 is 0 Å². The standard InChI is InChI=1S/C12H12N8OS/c1-21-5-2-3-6-7(4-5)22-12(16-6)20-19-8-9(13)17-11(15)18-10(8)14/h2-4H,1H3,(H6,13,14,15,17,18). The summed E-state index contributed by atoms with van der Waals surface area (Å²) in [6.07, 6.45) is 0. The second-order valence-electron chi connectivity index (χ2n) is 4.23. The second-order valence-corrected chi connectivity index (χ2v) is 5.24. The van der Waals surface area contributed by atoms with Crippen molar-refractivity contribution in [3.8, 4) is 5.75 Å². The first-order valence-electron chi connectivity index (χ1n) is 6.11. The van der Waals surface area contributed by atoms with Crippen LogP contribution in [0, 0.1) is 0 Å². The lowest BCUT2D eigenvalue weighted by molar-refractivity contribution is 0.415. The van der Waals surface area contributed by atoms with Gasteiger partial charge in [0.25, 0.3) is 0 Å². The van der Waals surface area contributed by atoms with Crippen molar-refractivity contribution in [3.63, 3.8) is 0 Å². The van der Waals surface area contributed by atoms with Crippen LogP contribution in [0.2, 0.25) is 0 Å². The molecule has 6 N–H and O–H groups in total. The van der Waals surface area contributed by atoms with Gasteiger partial charge in [-0.05, 0) is 18.2 Å². The number of methoxy groups -OCH3 is 1. The van der Waals surface area contributed by atoms with Crippen LogP contribution in [-0.4, -0.2) is 22.1 Å². The molecule has 0 saturated carbocycles. The van der Waals surface area contributed by atoms with Crippen molar-refractivity contribution in [2.75, 3.05) is 24.3 Å². The number of nitrogens with two attached hydrogens (primary N) is 3. The Kier molecular flexibility index (Phi) is 3.43. The van der Waals surface area contributed by atoms with Gasteiger partial charge in [0, 0.05) is 0 Å². The molecule has 2 aromatic heterocycles. The van der Waals surface area contributed by atoms with Gasteiger partial charge in [0.05, 0.1) is 17.3 Å². The molecule has 0 spiro atoms. The van der Waals surface area contributed by atoms with E-state index in [9.17, 15) is 0 Å². The molecule has 1 aromatic carbocycles. The van der Waals surface area contributed by atoms with E-state index in [1.54, 1.807) is 7.11 Å². The van der Waals surface area contributed by atoms with E-state index >= 15 is 0 Å². The van der Waals surface area contributed by atoms with E-state index in [0.717, 1.165) is 16.0 Å². The van der Waals surface area contributed by atoms with Gasteiger partial charge in [0.15, 0.2) is 17.3 Å². The van der Waals surface area contributed by atoms with Gasteiger partial charge < -0.3 is 21.9 Å². The number of aromatic nitrogens is 3. The number of thiazole rings is 1. The highest BCUT2D eigenvalue weighted by Crippen LogP contribution is 2.33. The summed E-state index contributed by atoms with van der Waals surface area (Å²) < 4.78 is 6.10. The first-order valence-corrected chi connectivity index (χ1v) is 6.93. The smallest absolute Gasteiger partial charge is 0.231 e. The van der Waals surface area contributed by atoms with Crippen LogP contribution in [0.3, 0.4) is 0 Å². The van der Waals surface area contributed by atoms with Crippen LogP contribution < -0.4 is 21.9 Å². The number of anilines is 3. The van der Waals surface area contributed by atoms with Gasteiger partial charge in [-0.2, -0.15) is 9.97 Å². The van der Waals surface area contributed by atoms with E-state index in [1.165, 1.54) is 11.3 Å². The van der Waals surface area contributed by atoms with E-state index in [1.807, 2.05) is 18.2 Å². The molecule has 0 bridgehead atoms. The van der Waals surface area contributed by atoms with Gasteiger partial charge in [-0.3, -0.25) is 0 Å². The molecule has 0 amide bonds. The van der Waals surface area contributed by atoms with Gasteiger partial charge in [-0.15, -0.1) is 10.2 Å². The van der Waals surface area contributed by atoms with Crippen LogP contribution in [0.4, 0.5) is 28.4 Å². The fourth-order valence-corrected chi connectivity index (χ4v) is 2.58. The molecule has 3 aromatic rings. The topological polar surface area (TPSA) is 151 Å². The van der Waals surface area contributed by atoms with Crippen molar-refractivity contribution in [3.05, 3.63) is 18.2 Å². The lowest BCUT2D eigenvalue weighted by Crippen LogP contribution is -2.03. The molecule has 0 unspecified atom stereocenters. The Morgan fingerprint density at radius 2 is 1.77 bits per heavy atom. The number of hydrogen-bond donors (Lipinski definition) is 3. The van der Waals surface area contributed by atoms with Crippen molar-refractivity contribution in [2.24, 2.45) is 10.2 Å². The summed E-state index contributed by atoms with van der Waals surface area (Å²) in [6.45, 7) is 0. The molecule has 9 nitrogen and oxygen atoms in total. The van der Waals surface area contributed by atoms with E-state index in [2.05, 4.69) is 25.2 Å². The summed E-state index contributed by atoms with van der Waals surface area (Å²) in [7, 11) is 1.61. The summed E-state index contributed by atoms with van der Waals surface area (Å²) in [5, 5.41) is 8.45. The Labute approximate surface area is 128 Å². The van der Waals surface area contributed by atoms with Crippen LogP contribution in [0.25, 0.3) is 10.2 Å². The summed E-state index contributed by atoms with van der Waals surface area (Å²) in [5.74, 6) is 0.870. The van der Waals surface area contributed by atoms with Crippen molar-refractivity contribution in [1.29, 1.82) is 0 Å². The molecule has 2 heterocycles. The maximum Gasteiger partial charge on any atom is 0.231 e. The third-order valence-electron chi connectivity index (χ3n) is 2.78. The second kappa shape index (κ2) is 5.41. The van der Waals surface area contributed by atoms with Crippen LogP contribution in [0.5, 0.6) is 5.75 Å². The average molecular weight is 316 g/mol. The van der Waals surface area contributed by atoms with Gasteiger partial charge in [-0.1, -0.05) is 11.3 Å². The van der Waals surface area contributed by atoms with Crippen molar-refractivity contribution in [1.82, 2.24) is 15.0 Å². The van der Waals surface area contributed by atoms with Crippen LogP contribution in [-0.2, 0) is 0 Å². The van der Waals surface area contributed by atoms with Gasteiger partial charge in [-0.25, -0.2) is 4.98 Å². The third-order valence-corrected chi connectivity index (χ3v) is 3.68. The van der Waals surface area contributed by atoms with Crippen molar-refractivity contribution in [2.45, 2.75) is 0 Å². The minimum atomic E-state index is -0.0129. The Balaban J connectivity index is 1.96. The van der Waals surface area contributed by atoms with Crippen LogP contribution in [0.1, 0.15) is 0 Å². The Bertz CT molecular complexity index is 852. The van der Waals surface area contributed by atoms with E-state index in [-0.39, 0.29) is 23.3 Å². The third kappa shape index (κ3) is 2.59. The molecular formula is C12H12N8OS. The number of benzene rings is 1. The largest absolute Gasteiger partial charge is 0.497 e. The Morgan fingerprint density at radius 3 is 2.45 bits per heavy atom. The molecule has 10 heteroatoms. The SMILES string of the molecule is COc1ccc2nc(N=Nc3c(N)nc(N)nc3N)sc2c1. The zero-order valence-electron chi connectivity index (χ0n) is 11.5. The lowest BCUT2D eigenvalue weighted by Gasteiger charge is -2.01. The molecule has 3 rings (SSSR count). The Morgan fingerprint density at radius 1 is 1.05 bits per heavy atom. The summed E-state index contributed by atoms with van der Waals surface area (Å²) in [4.78, 5) is 11.9. The number of fused-ring (bicyclic) bond motifs is 1. The minimum Gasteiger partial charge on any atom is -0.497 e. The minimum absolute atomic E-state index is 0.0129. The number of ether oxygens (including phenoxy) is 1. The number of hydrogen-bond acceptors (Lipinski definition) is 10. The highest BCUT2D eigenvalue weighted by Gasteiger charge is 2.09. The predicted molar refractivity (Wildman–Crippen MR) is 85.6 cm³/mol. The number of nitrogen functional groups attached to an aromatic ring is 3. The van der Waals surface area contributed by atoms with Gasteiger partial charge in [0.1, 0.15) is 5.75 Å². The fourth-order valence-electron chi connectivity index (χ4n) is 1.77. The Hall–Kier alpha value is -3.01. The molecule has 0 atom stereocenters. The summed E-state index contributed by atoms with van der Waals surface area (Å²) >= 11 is 1.36. The maximum absolute atomic E-state index is 5.70. The molecule has 0 fully saturated rings. The number of nitrogens with zero attached hydrogens (tertiary/aromatic N) is 5. The highest BCUT2D eigenvalue weighted by atomic mass is 32.1. The quantitative estimate of drug-likeness (QED) is 0.627. The number of azo groups is 1. The maximum atomic E-state index is 5.70. The molecular weight excluding hydrogens is 304 g/mol. The monoisotopic (exact) mass is 316 g/mol. The van der Waals surface area contributed by atoms with Gasteiger partial charge in [0.2, 0.25) is 11.1 Å². The van der Waals surface area contributed by atoms with Crippen molar-refractivity contribution < 1.29 is 4.74 Å². The zero-order valence-corrected chi connectivity index (χ0v) is 12.3. The molecule has 22 heavy (non-hydrogen) atoms. The first kappa shape index (κ1) is 13.9. The van der Waals surface area contributed by atoms with E-state index < -0.39 is 0 Å². The first-order chi connectivity index (χ1) is 10.6. The van der Waals surface area contributed by atoms with Crippen molar-refractivity contribution >= 4 is 50.0 Å². The lowest BCUT2D eigenvalue weighted by atomic mass is 10.3. The molecule has 0 aliphatic carbocycles. The fraction of sp³-hybridized carbons (Fsp3) is 0.0833. The van der Waals surface area contributed by atoms with Crippen LogP contribution in [0.15, 0.2) is 28.4 Å². The number of rotatable bonds is 3. The molecule has 0 aliphatic rings. The molecule has 0 saturated heterocycles. The molecule has 0 aliphatic heterocycles. The van der Waals surface area contributed by atoms with E-state index in [4.69, 9.17) is 21.9 Å². The molecule has 0 radical (unpaired) electrons. The zero-order chi connectivity index (χ0) is 15.7. The van der Waals surface area contributed by atoms with E-state index in [0.29, 0.717) is 5.13 Å². The summed E-state index contributed by atoms with van der Waals surface area (Å²) in [6, 6.07) is 5.55. The summed E-state index contributed by atoms with van der Waals surface area (Å²) in [5.41, 5.74) is 17.8.